The molecule has 0 amide bonds. The van der Waals surface area contributed by atoms with Crippen molar-refractivity contribution < 1.29 is 80.2 Å². The van der Waals surface area contributed by atoms with Crippen LogP contribution in [0, 0.1) is 5.92 Å². The minimum Gasteiger partial charge on any atom is -0.462 e. The van der Waals surface area contributed by atoms with Crippen molar-refractivity contribution in [1.29, 1.82) is 0 Å². The summed E-state index contributed by atoms with van der Waals surface area (Å²) < 4.78 is 67.7. The van der Waals surface area contributed by atoms with E-state index in [0.717, 1.165) is 115 Å². The first-order valence-electron chi connectivity index (χ1n) is 33.1. The van der Waals surface area contributed by atoms with E-state index in [4.69, 9.17) is 37.0 Å². The van der Waals surface area contributed by atoms with Gasteiger partial charge in [0.25, 0.3) is 0 Å². The van der Waals surface area contributed by atoms with Gasteiger partial charge in [-0.25, -0.2) is 9.13 Å². The molecule has 0 heterocycles. The van der Waals surface area contributed by atoms with Gasteiger partial charge in [0.2, 0.25) is 0 Å². The minimum atomic E-state index is -4.94. The van der Waals surface area contributed by atoms with Crippen molar-refractivity contribution in [3.05, 3.63) is 0 Å². The molecule has 0 aliphatic rings. The summed E-state index contributed by atoms with van der Waals surface area (Å²) in [4.78, 5) is 71.8. The molecule has 17 nitrogen and oxygen atoms in total. The second-order valence-corrected chi connectivity index (χ2v) is 26.2. The highest BCUT2D eigenvalue weighted by atomic mass is 31.2. The zero-order chi connectivity index (χ0) is 60.6. The lowest BCUT2D eigenvalue weighted by Gasteiger charge is -2.21. The molecule has 0 saturated heterocycles. The molecule has 0 rings (SSSR count). The van der Waals surface area contributed by atoms with Gasteiger partial charge in [0.15, 0.2) is 12.2 Å². The molecule has 2 unspecified atom stereocenters. The largest absolute Gasteiger partial charge is 0.472 e. The fraction of sp³-hybridized carbons (Fsp3) is 0.937. The number of phosphoric acid groups is 2. The zero-order valence-electron chi connectivity index (χ0n) is 52.6. The molecule has 5 atom stereocenters. The predicted molar refractivity (Wildman–Crippen MR) is 326 cm³/mol. The normalized spacial score (nSPS) is 14.3. The van der Waals surface area contributed by atoms with Crippen LogP contribution < -0.4 is 0 Å². The summed E-state index contributed by atoms with van der Waals surface area (Å²) >= 11 is 0. The van der Waals surface area contributed by atoms with E-state index in [1.54, 1.807) is 0 Å². The van der Waals surface area contributed by atoms with Gasteiger partial charge < -0.3 is 33.8 Å². The Morgan fingerprint density at radius 2 is 0.561 bits per heavy atom. The lowest BCUT2D eigenvalue weighted by molar-refractivity contribution is -0.161. The van der Waals surface area contributed by atoms with Gasteiger partial charge in [-0.05, 0) is 31.6 Å². The van der Waals surface area contributed by atoms with Crippen LogP contribution >= 0.6 is 15.6 Å². The highest BCUT2D eigenvalue weighted by Gasteiger charge is 2.30. The molecule has 0 aromatic rings. The summed E-state index contributed by atoms with van der Waals surface area (Å²) in [7, 11) is -9.87. The summed E-state index contributed by atoms with van der Waals surface area (Å²) in [5.41, 5.74) is 0. The summed E-state index contributed by atoms with van der Waals surface area (Å²) in [5, 5.41) is 10.5. The van der Waals surface area contributed by atoms with E-state index < -0.39 is 97.5 Å². The second kappa shape index (κ2) is 56.8. The number of phosphoric ester groups is 2. The molecule has 82 heavy (non-hydrogen) atoms. The number of hydrogen-bond donors (Lipinski definition) is 3. The van der Waals surface area contributed by atoms with E-state index in [1.807, 2.05) is 0 Å². The molecule has 0 saturated carbocycles. The van der Waals surface area contributed by atoms with Gasteiger partial charge in [-0.1, -0.05) is 266 Å². The first-order valence-corrected chi connectivity index (χ1v) is 36.1. The van der Waals surface area contributed by atoms with E-state index in [2.05, 4.69) is 34.6 Å². The fourth-order valence-corrected chi connectivity index (χ4v) is 11.0. The van der Waals surface area contributed by atoms with E-state index in [0.29, 0.717) is 25.7 Å². The Hall–Kier alpha value is -1.94. The molecule has 0 aliphatic carbocycles. The first-order chi connectivity index (χ1) is 39.5. The number of carbonyl (C=O) groups excluding carboxylic acids is 4. The average molecular weight is 1210 g/mol. The second-order valence-electron chi connectivity index (χ2n) is 23.3. The third kappa shape index (κ3) is 57.2. The molecule has 0 bridgehead atoms. The quantitative estimate of drug-likeness (QED) is 0.0222. The Balaban J connectivity index is 5.14. The Bertz CT molecular complexity index is 1600. The number of carbonyl (C=O) groups is 4. The number of unbranched alkanes of at least 4 members (excludes halogenated alkanes) is 35. The summed E-state index contributed by atoms with van der Waals surface area (Å²) in [6.45, 7) is 7.08. The third-order valence-electron chi connectivity index (χ3n) is 14.5. The van der Waals surface area contributed by atoms with Crippen LogP contribution in [-0.4, -0.2) is 96.7 Å². The lowest BCUT2D eigenvalue weighted by Crippen LogP contribution is -2.30. The Morgan fingerprint density at radius 1 is 0.329 bits per heavy atom. The number of aliphatic hydroxyl groups is 1. The van der Waals surface area contributed by atoms with E-state index in [-0.39, 0.29) is 25.7 Å². The van der Waals surface area contributed by atoms with Crippen molar-refractivity contribution in [3.8, 4) is 0 Å². The molecule has 486 valence electrons. The molecule has 0 fully saturated rings. The van der Waals surface area contributed by atoms with E-state index >= 15 is 0 Å². The highest BCUT2D eigenvalue weighted by Crippen LogP contribution is 2.45. The van der Waals surface area contributed by atoms with Crippen molar-refractivity contribution in [3.63, 3.8) is 0 Å². The van der Waals surface area contributed by atoms with Gasteiger partial charge in [-0.15, -0.1) is 0 Å². The van der Waals surface area contributed by atoms with Crippen LogP contribution in [0.2, 0.25) is 0 Å². The van der Waals surface area contributed by atoms with Gasteiger partial charge >= 0.3 is 39.5 Å². The van der Waals surface area contributed by atoms with Gasteiger partial charge in [0, 0.05) is 25.7 Å². The third-order valence-corrected chi connectivity index (χ3v) is 16.4. The molecule has 0 radical (unpaired) electrons. The molecule has 0 aromatic heterocycles. The number of ether oxygens (including phenoxy) is 4. The maximum Gasteiger partial charge on any atom is 0.472 e. The Kier molecular flexibility index (Phi) is 55.5. The van der Waals surface area contributed by atoms with E-state index in [1.165, 1.54) is 122 Å². The molecule has 19 heteroatoms. The average Bonchev–Trinajstić information content (AvgIpc) is 3.45. The van der Waals surface area contributed by atoms with Crippen LogP contribution in [-0.2, 0) is 65.4 Å². The van der Waals surface area contributed by atoms with Crippen LogP contribution in [0.25, 0.3) is 0 Å². The van der Waals surface area contributed by atoms with Gasteiger partial charge in [0.1, 0.15) is 19.3 Å². The zero-order valence-corrected chi connectivity index (χ0v) is 54.4. The smallest absolute Gasteiger partial charge is 0.462 e. The number of aliphatic hydroxyl groups excluding tert-OH is 1. The van der Waals surface area contributed by atoms with Crippen LogP contribution in [0.5, 0.6) is 0 Å². The molecule has 0 aromatic carbocycles. The maximum atomic E-state index is 13.0. The van der Waals surface area contributed by atoms with Crippen molar-refractivity contribution in [2.75, 3.05) is 39.6 Å². The molecule has 3 N–H and O–H groups in total. The SMILES string of the molecule is CCCCCCCCCCCCCCCCC(=O)OC[C@H](COP(=O)(O)OC[C@@H](O)COP(=O)(O)OC[C@@H](COC(=O)CCCCCCC)OC(=O)CCCCCCCCC)OC(=O)CCCCCCCCCCCCCCCC(C)C. The van der Waals surface area contributed by atoms with Gasteiger partial charge in [-0.2, -0.15) is 0 Å². The molecular formula is C63H122O17P2. The first kappa shape index (κ1) is 80.1. The summed E-state index contributed by atoms with van der Waals surface area (Å²) in [6, 6.07) is 0. The molecular weight excluding hydrogens is 1090 g/mol. The Labute approximate surface area is 498 Å². The van der Waals surface area contributed by atoms with Crippen LogP contribution in [0.15, 0.2) is 0 Å². The van der Waals surface area contributed by atoms with E-state index in [9.17, 15) is 43.2 Å². The predicted octanol–water partition coefficient (Wildman–Crippen LogP) is 17.4. The van der Waals surface area contributed by atoms with Gasteiger partial charge in [0.05, 0.1) is 26.4 Å². The van der Waals surface area contributed by atoms with Gasteiger partial charge in [-0.3, -0.25) is 37.3 Å². The minimum absolute atomic E-state index is 0.103. The summed E-state index contributed by atoms with van der Waals surface area (Å²) in [5.74, 6) is -1.36. The Morgan fingerprint density at radius 3 is 0.829 bits per heavy atom. The standard InChI is InChI=1S/C63H122O17P2/c1-6-9-12-15-17-18-19-20-23-26-29-33-37-42-47-61(66)74-53-59(80-63(68)49-44-39-34-30-27-24-21-22-25-28-32-36-40-45-56(4)5)55-78-82(71,72)76-51-57(64)50-75-81(69,70)77-54-58(52-73-60(65)46-41-35-14-11-8-3)79-62(67)48-43-38-31-16-13-10-7-2/h56-59,64H,6-55H2,1-5H3,(H,69,70)(H,71,72)/t57-,58+,59+/m0/s1. The molecule has 0 aliphatic heterocycles. The lowest BCUT2D eigenvalue weighted by atomic mass is 10.0. The fourth-order valence-electron chi connectivity index (χ4n) is 9.41. The van der Waals surface area contributed by atoms with Crippen molar-refractivity contribution in [2.45, 2.75) is 335 Å². The van der Waals surface area contributed by atoms with Crippen molar-refractivity contribution in [1.82, 2.24) is 0 Å². The molecule has 0 spiro atoms. The maximum absolute atomic E-state index is 13.0. The number of esters is 4. The highest BCUT2D eigenvalue weighted by molar-refractivity contribution is 7.47. The summed E-state index contributed by atoms with van der Waals surface area (Å²) in [6.07, 6.45) is 40.8. The van der Waals surface area contributed by atoms with Crippen LogP contribution in [0.1, 0.15) is 317 Å². The number of hydrogen-bond acceptors (Lipinski definition) is 15. The van der Waals surface area contributed by atoms with Crippen LogP contribution in [0.3, 0.4) is 0 Å². The monoisotopic (exact) mass is 1210 g/mol. The topological polar surface area (TPSA) is 237 Å². The van der Waals surface area contributed by atoms with Crippen molar-refractivity contribution >= 4 is 39.5 Å². The number of rotatable bonds is 63. The van der Waals surface area contributed by atoms with Crippen LogP contribution in [0.4, 0.5) is 0 Å². The van der Waals surface area contributed by atoms with Crippen molar-refractivity contribution in [2.24, 2.45) is 5.92 Å².